The molecular formula is C11H19N3O2. The van der Waals surface area contributed by atoms with Gasteiger partial charge in [-0.25, -0.2) is 0 Å². The van der Waals surface area contributed by atoms with Crippen LogP contribution in [-0.2, 0) is 16.1 Å². The first kappa shape index (κ1) is 12.7. The third-order valence-electron chi connectivity index (χ3n) is 2.39. The number of nitrogens with zero attached hydrogens (tertiary/aromatic N) is 2. The zero-order valence-corrected chi connectivity index (χ0v) is 10.0. The normalized spacial score (nSPS) is 12.8. The number of carbonyl (C=O) groups is 1. The van der Waals surface area contributed by atoms with Crippen LogP contribution in [0.15, 0.2) is 18.5 Å². The lowest BCUT2D eigenvalue weighted by Gasteiger charge is -2.19. The lowest BCUT2D eigenvalue weighted by molar-refractivity contribution is -0.144. The Morgan fingerprint density at radius 2 is 2.31 bits per heavy atom. The maximum atomic E-state index is 11.4. The minimum absolute atomic E-state index is 0.213. The zero-order chi connectivity index (χ0) is 12.0. The standard InChI is InChI=1S/C11H19N3O2/c1-9(2)10(11(15)16-3)12-6-8-14-7-4-5-13-14/h4-5,7,9-10,12H,6,8H2,1-3H3. The summed E-state index contributed by atoms with van der Waals surface area (Å²) in [5.41, 5.74) is 0. The lowest BCUT2D eigenvalue weighted by atomic mass is 10.1. The van der Waals surface area contributed by atoms with E-state index in [0.29, 0.717) is 6.54 Å². The fourth-order valence-electron chi connectivity index (χ4n) is 1.49. The van der Waals surface area contributed by atoms with Crippen molar-refractivity contribution in [2.24, 2.45) is 5.92 Å². The SMILES string of the molecule is COC(=O)C(NCCn1cccn1)C(C)C. The van der Waals surface area contributed by atoms with E-state index in [2.05, 4.69) is 10.4 Å². The highest BCUT2D eigenvalue weighted by molar-refractivity contribution is 5.75. The van der Waals surface area contributed by atoms with Crippen molar-refractivity contribution < 1.29 is 9.53 Å². The van der Waals surface area contributed by atoms with Gasteiger partial charge in [-0.2, -0.15) is 5.10 Å². The van der Waals surface area contributed by atoms with Crippen molar-refractivity contribution >= 4 is 5.97 Å². The van der Waals surface area contributed by atoms with E-state index >= 15 is 0 Å². The van der Waals surface area contributed by atoms with Crippen LogP contribution in [0.25, 0.3) is 0 Å². The molecule has 0 radical (unpaired) electrons. The molecule has 1 heterocycles. The molecule has 5 nitrogen and oxygen atoms in total. The Kier molecular flexibility index (Phi) is 4.98. The minimum atomic E-state index is -0.249. The van der Waals surface area contributed by atoms with E-state index in [1.807, 2.05) is 30.8 Å². The van der Waals surface area contributed by atoms with E-state index in [-0.39, 0.29) is 17.9 Å². The van der Waals surface area contributed by atoms with Crippen molar-refractivity contribution in [3.8, 4) is 0 Å². The molecule has 0 bridgehead atoms. The Labute approximate surface area is 95.8 Å². The highest BCUT2D eigenvalue weighted by Crippen LogP contribution is 2.03. The molecule has 1 N–H and O–H groups in total. The fraction of sp³-hybridized carbons (Fsp3) is 0.636. The fourth-order valence-corrected chi connectivity index (χ4v) is 1.49. The van der Waals surface area contributed by atoms with Gasteiger partial charge >= 0.3 is 5.97 Å². The number of rotatable bonds is 6. The number of nitrogens with one attached hydrogen (secondary N) is 1. The molecule has 16 heavy (non-hydrogen) atoms. The Morgan fingerprint density at radius 3 is 2.81 bits per heavy atom. The van der Waals surface area contributed by atoms with Crippen LogP contribution in [0.2, 0.25) is 0 Å². The molecule has 1 atom stereocenters. The van der Waals surface area contributed by atoms with E-state index < -0.39 is 0 Å². The molecule has 1 aromatic rings. The van der Waals surface area contributed by atoms with Crippen LogP contribution in [0, 0.1) is 5.92 Å². The number of esters is 1. The second-order valence-electron chi connectivity index (χ2n) is 3.97. The van der Waals surface area contributed by atoms with Crippen LogP contribution in [0.4, 0.5) is 0 Å². The summed E-state index contributed by atoms with van der Waals surface area (Å²) in [6.45, 7) is 5.41. The summed E-state index contributed by atoms with van der Waals surface area (Å²) in [6, 6.07) is 1.63. The molecule has 0 aliphatic heterocycles. The largest absolute Gasteiger partial charge is 0.468 e. The number of methoxy groups -OCH3 is 1. The molecule has 0 fully saturated rings. The van der Waals surface area contributed by atoms with Gasteiger partial charge in [0.05, 0.1) is 13.7 Å². The van der Waals surface area contributed by atoms with Crippen LogP contribution in [-0.4, -0.2) is 35.4 Å². The van der Waals surface area contributed by atoms with Crippen LogP contribution in [0.5, 0.6) is 0 Å². The van der Waals surface area contributed by atoms with Gasteiger partial charge in [-0.1, -0.05) is 13.8 Å². The van der Waals surface area contributed by atoms with Gasteiger partial charge in [-0.05, 0) is 12.0 Å². The van der Waals surface area contributed by atoms with Crippen molar-refractivity contribution in [1.82, 2.24) is 15.1 Å². The first-order valence-corrected chi connectivity index (χ1v) is 5.43. The van der Waals surface area contributed by atoms with Gasteiger partial charge in [-0.15, -0.1) is 0 Å². The molecule has 0 aromatic carbocycles. The van der Waals surface area contributed by atoms with Crippen LogP contribution in [0.3, 0.4) is 0 Å². The average Bonchev–Trinajstić information content (AvgIpc) is 2.75. The topological polar surface area (TPSA) is 56.1 Å². The summed E-state index contributed by atoms with van der Waals surface area (Å²) < 4.78 is 6.56. The average molecular weight is 225 g/mol. The molecule has 0 spiro atoms. The van der Waals surface area contributed by atoms with E-state index in [9.17, 15) is 4.79 Å². The summed E-state index contributed by atoms with van der Waals surface area (Å²) in [7, 11) is 1.41. The zero-order valence-electron chi connectivity index (χ0n) is 10.0. The summed E-state index contributed by atoms with van der Waals surface area (Å²) in [5.74, 6) is 0.000497. The quantitative estimate of drug-likeness (QED) is 0.723. The van der Waals surface area contributed by atoms with Gasteiger partial charge in [0.1, 0.15) is 6.04 Å². The van der Waals surface area contributed by atoms with E-state index in [1.165, 1.54) is 7.11 Å². The molecule has 1 rings (SSSR count). The molecule has 0 saturated heterocycles. The van der Waals surface area contributed by atoms with E-state index in [1.54, 1.807) is 6.20 Å². The maximum absolute atomic E-state index is 11.4. The highest BCUT2D eigenvalue weighted by atomic mass is 16.5. The second-order valence-corrected chi connectivity index (χ2v) is 3.97. The van der Waals surface area contributed by atoms with Gasteiger partial charge < -0.3 is 10.1 Å². The molecule has 0 saturated carbocycles. The summed E-state index contributed by atoms with van der Waals surface area (Å²) in [4.78, 5) is 11.4. The van der Waals surface area contributed by atoms with Crippen LogP contribution < -0.4 is 5.32 Å². The van der Waals surface area contributed by atoms with Crippen molar-refractivity contribution in [3.63, 3.8) is 0 Å². The second kappa shape index (κ2) is 6.27. The predicted octanol–water partition coefficient (Wildman–Crippen LogP) is 0.670. The molecule has 90 valence electrons. The number of aromatic nitrogens is 2. The molecule has 0 amide bonds. The van der Waals surface area contributed by atoms with Crippen LogP contribution in [0.1, 0.15) is 13.8 Å². The lowest BCUT2D eigenvalue weighted by Crippen LogP contribution is -2.43. The first-order valence-electron chi connectivity index (χ1n) is 5.43. The van der Waals surface area contributed by atoms with Crippen LogP contribution >= 0.6 is 0 Å². The van der Waals surface area contributed by atoms with E-state index in [0.717, 1.165) is 6.54 Å². The number of hydrogen-bond donors (Lipinski definition) is 1. The van der Waals surface area contributed by atoms with Gasteiger partial charge in [0, 0.05) is 18.9 Å². The maximum Gasteiger partial charge on any atom is 0.323 e. The van der Waals surface area contributed by atoms with Crippen molar-refractivity contribution in [2.45, 2.75) is 26.4 Å². The van der Waals surface area contributed by atoms with Gasteiger partial charge in [0.25, 0.3) is 0 Å². The minimum Gasteiger partial charge on any atom is -0.468 e. The Morgan fingerprint density at radius 1 is 1.56 bits per heavy atom. The van der Waals surface area contributed by atoms with Crippen molar-refractivity contribution in [1.29, 1.82) is 0 Å². The third kappa shape index (κ3) is 3.66. The van der Waals surface area contributed by atoms with Gasteiger partial charge in [0.15, 0.2) is 0 Å². The molecule has 1 aromatic heterocycles. The predicted molar refractivity (Wildman–Crippen MR) is 60.9 cm³/mol. The molecule has 0 aliphatic carbocycles. The van der Waals surface area contributed by atoms with Crippen molar-refractivity contribution in [3.05, 3.63) is 18.5 Å². The summed E-state index contributed by atoms with van der Waals surface area (Å²) >= 11 is 0. The van der Waals surface area contributed by atoms with Crippen molar-refractivity contribution in [2.75, 3.05) is 13.7 Å². The molecule has 5 heteroatoms. The monoisotopic (exact) mass is 225 g/mol. The summed E-state index contributed by atoms with van der Waals surface area (Å²) in [5, 5.41) is 7.26. The smallest absolute Gasteiger partial charge is 0.323 e. The number of hydrogen-bond acceptors (Lipinski definition) is 4. The molecule has 1 unspecified atom stereocenters. The van der Waals surface area contributed by atoms with Gasteiger partial charge in [0.2, 0.25) is 0 Å². The number of carbonyl (C=O) groups excluding carboxylic acids is 1. The highest BCUT2D eigenvalue weighted by Gasteiger charge is 2.21. The third-order valence-corrected chi connectivity index (χ3v) is 2.39. The summed E-state index contributed by atoms with van der Waals surface area (Å²) in [6.07, 6.45) is 3.63. The number of ether oxygens (including phenoxy) is 1. The Balaban J connectivity index is 2.36. The Bertz CT molecular complexity index is 309. The molecular weight excluding hydrogens is 206 g/mol. The first-order chi connectivity index (χ1) is 7.65. The molecule has 0 aliphatic rings. The Hall–Kier alpha value is -1.36. The van der Waals surface area contributed by atoms with Gasteiger partial charge in [-0.3, -0.25) is 9.48 Å². The van der Waals surface area contributed by atoms with E-state index in [4.69, 9.17) is 4.74 Å².